The van der Waals surface area contributed by atoms with E-state index in [1.165, 1.54) is 17.6 Å². The Kier molecular flexibility index (Phi) is 5.08. The van der Waals surface area contributed by atoms with Crippen LogP contribution in [0.25, 0.3) is 0 Å². The van der Waals surface area contributed by atoms with Crippen molar-refractivity contribution in [3.63, 3.8) is 0 Å². The third-order valence-electron chi connectivity index (χ3n) is 3.40. The number of nitrogens with zero attached hydrogens (tertiary/aromatic N) is 4. The number of benzene rings is 1. The molecule has 10 heteroatoms. The molecule has 0 atom stereocenters. The number of hydrogen-bond acceptors (Lipinski definition) is 7. The largest absolute Gasteiger partial charge is 0.486 e. The standard InChI is InChI=1S/C15H16ClFN4O2S2/c1-8(19-22)6-23-12-5-11(10(17)4-9(12)16)18-13-21-7-15(2,3)24-14(21)20-25-13/h4-5,22H,6-7H2,1-3H3/b18-13-,19-8-. The molecular formula is C15H16ClFN4O2S2. The Morgan fingerprint density at radius 2 is 2.28 bits per heavy atom. The number of ether oxygens (including phenoxy) is 1. The maximum Gasteiger partial charge on any atom is 0.210 e. The van der Waals surface area contributed by atoms with Crippen molar-refractivity contribution < 1.29 is 14.3 Å². The van der Waals surface area contributed by atoms with E-state index in [1.54, 1.807) is 18.7 Å². The Hall–Kier alpha value is -1.58. The van der Waals surface area contributed by atoms with Gasteiger partial charge in [-0.05, 0) is 26.8 Å². The van der Waals surface area contributed by atoms with Crippen molar-refractivity contribution in [3.8, 4) is 5.75 Å². The van der Waals surface area contributed by atoms with E-state index in [-0.39, 0.29) is 27.8 Å². The number of rotatable bonds is 4. The monoisotopic (exact) mass is 402 g/mol. The molecule has 0 saturated heterocycles. The molecule has 1 aliphatic heterocycles. The van der Waals surface area contributed by atoms with Crippen molar-refractivity contribution in [2.24, 2.45) is 10.1 Å². The highest BCUT2D eigenvalue weighted by Gasteiger charge is 2.31. The molecule has 6 nitrogen and oxygen atoms in total. The molecule has 0 aliphatic carbocycles. The molecule has 0 saturated carbocycles. The summed E-state index contributed by atoms with van der Waals surface area (Å²) in [5, 5.41) is 12.7. The molecular weight excluding hydrogens is 387 g/mol. The van der Waals surface area contributed by atoms with Crippen LogP contribution in [0.2, 0.25) is 5.02 Å². The number of hydrogen-bond donors (Lipinski definition) is 1. The van der Waals surface area contributed by atoms with E-state index in [1.807, 2.05) is 4.57 Å². The predicted molar refractivity (Wildman–Crippen MR) is 97.1 cm³/mol. The maximum absolute atomic E-state index is 14.3. The van der Waals surface area contributed by atoms with Gasteiger partial charge in [0.05, 0.1) is 10.7 Å². The van der Waals surface area contributed by atoms with Crippen molar-refractivity contribution in [1.82, 2.24) is 8.94 Å². The molecule has 0 radical (unpaired) electrons. The topological polar surface area (TPSA) is 72.0 Å². The SMILES string of the molecule is C/C(COc1cc(/N=c2\snc3n2CC(C)(C)S3)c(F)cc1Cl)=N/O. The Labute approximate surface area is 157 Å². The van der Waals surface area contributed by atoms with Gasteiger partial charge in [0.15, 0.2) is 11.0 Å². The van der Waals surface area contributed by atoms with Crippen molar-refractivity contribution in [2.75, 3.05) is 6.61 Å². The van der Waals surface area contributed by atoms with Gasteiger partial charge in [0.1, 0.15) is 18.0 Å². The summed E-state index contributed by atoms with van der Waals surface area (Å²) < 4.78 is 26.1. The summed E-state index contributed by atoms with van der Waals surface area (Å²) in [6.45, 7) is 6.64. The van der Waals surface area contributed by atoms with E-state index < -0.39 is 5.82 Å². The van der Waals surface area contributed by atoms with Crippen molar-refractivity contribution in [2.45, 2.75) is 37.2 Å². The first-order valence-electron chi connectivity index (χ1n) is 7.39. The second-order valence-electron chi connectivity index (χ2n) is 6.17. The van der Waals surface area contributed by atoms with Gasteiger partial charge in [-0.1, -0.05) is 28.5 Å². The second kappa shape index (κ2) is 6.97. The summed E-state index contributed by atoms with van der Waals surface area (Å²) >= 11 is 8.91. The molecule has 1 aromatic carbocycles. The Bertz CT molecular complexity index is 907. The zero-order valence-corrected chi connectivity index (χ0v) is 16.2. The molecule has 0 amide bonds. The molecule has 1 N–H and O–H groups in total. The second-order valence-corrected chi connectivity index (χ2v) is 8.98. The van der Waals surface area contributed by atoms with E-state index in [2.05, 4.69) is 28.4 Å². The Balaban J connectivity index is 1.96. The van der Waals surface area contributed by atoms with Gasteiger partial charge in [-0.2, -0.15) is 4.37 Å². The maximum atomic E-state index is 14.3. The average molecular weight is 403 g/mol. The molecule has 25 heavy (non-hydrogen) atoms. The normalized spacial score (nSPS) is 17.0. The molecule has 1 aromatic heterocycles. The number of oxime groups is 1. The van der Waals surface area contributed by atoms with Crippen LogP contribution < -0.4 is 9.54 Å². The van der Waals surface area contributed by atoms with Crippen molar-refractivity contribution in [1.29, 1.82) is 0 Å². The molecule has 0 unspecified atom stereocenters. The minimum absolute atomic E-state index is 0.0363. The molecule has 0 bridgehead atoms. The first-order chi connectivity index (χ1) is 11.8. The Morgan fingerprint density at radius 3 is 3.00 bits per heavy atom. The van der Waals surface area contributed by atoms with E-state index >= 15 is 0 Å². The smallest absolute Gasteiger partial charge is 0.210 e. The van der Waals surface area contributed by atoms with Crippen molar-refractivity contribution >= 4 is 46.3 Å². The van der Waals surface area contributed by atoms with E-state index in [4.69, 9.17) is 21.5 Å². The van der Waals surface area contributed by atoms with Gasteiger partial charge in [0, 0.05) is 28.9 Å². The number of fused-ring (bicyclic) bond motifs is 1. The quantitative estimate of drug-likeness (QED) is 0.475. The first-order valence-corrected chi connectivity index (χ1v) is 9.35. The fourth-order valence-electron chi connectivity index (χ4n) is 2.24. The molecule has 0 spiro atoms. The van der Waals surface area contributed by atoms with Crippen LogP contribution in [0.4, 0.5) is 10.1 Å². The highest BCUT2D eigenvalue weighted by atomic mass is 35.5. The van der Waals surface area contributed by atoms with Gasteiger partial charge in [0.2, 0.25) is 4.80 Å². The summed E-state index contributed by atoms with van der Waals surface area (Å²) in [7, 11) is 0. The molecule has 2 aromatic rings. The third kappa shape index (κ3) is 3.99. The van der Waals surface area contributed by atoms with E-state index in [0.717, 1.165) is 17.8 Å². The fraction of sp³-hybridized carbons (Fsp3) is 0.400. The highest BCUT2D eigenvalue weighted by Crippen LogP contribution is 2.39. The highest BCUT2D eigenvalue weighted by molar-refractivity contribution is 8.00. The minimum atomic E-state index is -0.544. The van der Waals surface area contributed by atoms with Crippen LogP contribution in [0.1, 0.15) is 20.8 Å². The van der Waals surface area contributed by atoms with Crippen LogP contribution in [-0.4, -0.2) is 31.2 Å². The van der Waals surface area contributed by atoms with Gasteiger partial charge in [0.25, 0.3) is 0 Å². The average Bonchev–Trinajstić information content (AvgIpc) is 3.04. The van der Waals surface area contributed by atoms with Gasteiger partial charge in [-0.3, -0.25) is 4.57 Å². The number of halogens is 2. The van der Waals surface area contributed by atoms with Gasteiger partial charge < -0.3 is 9.94 Å². The van der Waals surface area contributed by atoms with Gasteiger partial charge in [-0.15, -0.1) is 0 Å². The first kappa shape index (κ1) is 18.2. The van der Waals surface area contributed by atoms with Gasteiger partial charge >= 0.3 is 0 Å². The van der Waals surface area contributed by atoms with Crippen LogP contribution in [-0.2, 0) is 6.54 Å². The summed E-state index contributed by atoms with van der Waals surface area (Å²) in [4.78, 5) is 5.02. The third-order valence-corrected chi connectivity index (χ3v) is 5.72. The molecule has 134 valence electrons. The van der Waals surface area contributed by atoms with Crippen LogP contribution >= 0.6 is 34.9 Å². The van der Waals surface area contributed by atoms with Gasteiger partial charge in [-0.25, -0.2) is 9.38 Å². The zero-order chi connectivity index (χ0) is 18.2. The Morgan fingerprint density at radius 1 is 1.52 bits per heavy atom. The van der Waals surface area contributed by atoms with Crippen LogP contribution in [0, 0.1) is 5.82 Å². The fourth-order valence-corrected chi connectivity index (χ4v) is 4.36. The lowest BCUT2D eigenvalue weighted by Gasteiger charge is -2.13. The molecule has 0 fully saturated rings. The lowest BCUT2D eigenvalue weighted by atomic mass is 10.2. The van der Waals surface area contributed by atoms with Crippen LogP contribution in [0.3, 0.4) is 0 Å². The number of thioether (sulfide) groups is 1. The molecule has 2 heterocycles. The molecule has 1 aliphatic rings. The predicted octanol–water partition coefficient (Wildman–Crippen LogP) is 4.08. The zero-order valence-electron chi connectivity index (χ0n) is 13.8. The van der Waals surface area contributed by atoms with Crippen LogP contribution in [0.15, 0.2) is 27.4 Å². The molecule has 3 rings (SSSR count). The van der Waals surface area contributed by atoms with Crippen LogP contribution in [0.5, 0.6) is 5.75 Å². The summed E-state index contributed by atoms with van der Waals surface area (Å²) in [6, 6.07) is 2.59. The lowest BCUT2D eigenvalue weighted by molar-refractivity contribution is 0.307. The van der Waals surface area contributed by atoms with E-state index in [9.17, 15) is 4.39 Å². The van der Waals surface area contributed by atoms with Crippen molar-refractivity contribution in [3.05, 3.63) is 27.8 Å². The summed E-state index contributed by atoms with van der Waals surface area (Å²) in [5.74, 6) is -0.275. The summed E-state index contributed by atoms with van der Waals surface area (Å²) in [5.41, 5.74) is 0.487. The lowest BCUT2D eigenvalue weighted by Crippen LogP contribution is -2.21. The minimum Gasteiger partial charge on any atom is -0.486 e. The van der Waals surface area contributed by atoms with E-state index in [0.29, 0.717) is 10.5 Å². The number of aromatic nitrogens is 2. The summed E-state index contributed by atoms with van der Waals surface area (Å²) in [6.07, 6.45) is 0.